The van der Waals surface area contributed by atoms with Gasteiger partial charge in [0.05, 0.1) is 24.5 Å². The van der Waals surface area contributed by atoms with Gasteiger partial charge in [-0.3, -0.25) is 14.4 Å². The molecule has 2 saturated heterocycles. The number of β-amino-alcohol motifs (C(OH)–C–C–N with tert-alkyl or cyclic N) is 1. The average molecular weight is 452 g/mol. The maximum atomic E-state index is 13.9. The molecule has 174 valence electrons. The fraction of sp³-hybridized carbons (Fsp3) is 0.480. The van der Waals surface area contributed by atoms with Crippen molar-refractivity contribution < 1.29 is 24.2 Å². The SMILES string of the molecule is CC(C)N1CC=C[C@]23O[C@H]4C=CCN(c5ccccc5)C(=O)[C@H]4[C@H]2C(=O)N(CCO)C3C1=O. The largest absolute Gasteiger partial charge is 0.395 e. The van der Waals surface area contributed by atoms with Crippen molar-refractivity contribution in [2.45, 2.75) is 37.6 Å². The Balaban J connectivity index is 1.61. The number of likely N-dealkylation sites (tertiary alicyclic amines) is 1. The van der Waals surface area contributed by atoms with E-state index >= 15 is 0 Å². The van der Waals surface area contributed by atoms with Crippen molar-refractivity contribution >= 4 is 23.4 Å². The Labute approximate surface area is 193 Å². The summed E-state index contributed by atoms with van der Waals surface area (Å²) in [5.41, 5.74) is -0.497. The Kier molecular flexibility index (Phi) is 5.37. The molecule has 3 amide bonds. The van der Waals surface area contributed by atoms with Gasteiger partial charge < -0.3 is 24.5 Å². The smallest absolute Gasteiger partial charge is 0.249 e. The zero-order valence-electron chi connectivity index (χ0n) is 18.8. The summed E-state index contributed by atoms with van der Waals surface area (Å²) < 4.78 is 6.53. The average Bonchev–Trinajstić information content (AvgIpc) is 3.09. The van der Waals surface area contributed by atoms with E-state index in [9.17, 15) is 19.5 Å². The maximum Gasteiger partial charge on any atom is 0.249 e. The van der Waals surface area contributed by atoms with Gasteiger partial charge in [-0.2, -0.15) is 0 Å². The van der Waals surface area contributed by atoms with Crippen molar-refractivity contribution in [3.63, 3.8) is 0 Å². The van der Waals surface area contributed by atoms with E-state index in [4.69, 9.17) is 4.74 Å². The zero-order chi connectivity index (χ0) is 23.3. The van der Waals surface area contributed by atoms with Crippen LogP contribution in [0.5, 0.6) is 0 Å². The molecule has 8 heteroatoms. The van der Waals surface area contributed by atoms with Gasteiger partial charge in [0.1, 0.15) is 11.6 Å². The first-order chi connectivity index (χ1) is 15.9. The molecule has 0 aliphatic carbocycles. The molecular weight excluding hydrogens is 422 g/mol. The third-order valence-electron chi connectivity index (χ3n) is 7.22. The van der Waals surface area contributed by atoms with Crippen molar-refractivity contribution in [1.82, 2.24) is 9.80 Å². The minimum absolute atomic E-state index is 0.0143. The van der Waals surface area contributed by atoms with Crippen LogP contribution in [-0.2, 0) is 19.1 Å². The summed E-state index contributed by atoms with van der Waals surface area (Å²) in [6.45, 7) is 4.38. The molecule has 8 nitrogen and oxygen atoms in total. The number of hydrogen-bond donors (Lipinski definition) is 1. The molecular formula is C25H29N3O5. The van der Waals surface area contributed by atoms with Crippen molar-refractivity contribution in [3.05, 3.63) is 54.6 Å². The Morgan fingerprint density at radius 3 is 2.52 bits per heavy atom. The highest BCUT2D eigenvalue weighted by Crippen LogP contribution is 2.53. The number of rotatable bonds is 4. The van der Waals surface area contributed by atoms with Crippen LogP contribution in [0.2, 0.25) is 0 Å². The number of carbonyl (C=O) groups is 3. The van der Waals surface area contributed by atoms with E-state index in [0.717, 1.165) is 5.69 Å². The van der Waals surface area contributed by atoms with E-state index in [1.165, 1.54) is 4.90 Å². The van der Waals surface area contributed by atoms with E-state index in [-0.39, 0.29) is 36.9 Å². The van der Waals surface area contributed by atoms with Crippen LogP contribution in [0.1, 0.15) is 13.8 Å². The van der Waals surface area contributed by atoms with Gasteiger partial charge in [0, 0.05) is 31.4 Å². The van der Waals surface area contributed by atoms with Crippen LogP contribution in [0.3, 0.4) is 0 Å². The van der Waals surface area contributed by atoms with E-state index in [2.05, 4.69) is 0 Å². The zero-order valence-corrected chi connectivity index (χ0v) is 18.8. The molecule has 1 N–H and O–H groups in total. The third kappa shape index (κ3) is 3.15. The standard InChI is InChI=1S/C25H29N3O5/c1-16(2)26-13-7-11-25-20(23(31)28(14-15-29)21(25)24(26)32)19-18(33-25)10-6-12-27(22(19)30)17-8-4-3-5-9-17/h3-11,16,18-21,29H,12-15H2,1-2H3/t18-,19+,20-,21?,25-/m0/s1. The van der Waals surface area contributed by atoms with Crippen molar-refractivity contribution in [2.24, 2.45) is 11.8 Å². The van der Waals surface area contributed by atoms with Crippen LogP contribution in [0, 0.1) is 11.8 Å². The van der Waals surface area contributed by atoms with Crippen LogP contribution in [-0.4, -0.2) is 82.7 Å². The minimum atomic E-state index is -1.25. The fourth-order valence-electron chi connectivity index (χ4n) is 5.81. The number of hydrogen-bond acceptors (Lipinski definition) is 5. The summed E-state index contributed by atoms with van der Waals surface area (Å²) in [6.07, 6.45) is 6.82. The first-order valence-corrected chi connectivity index (χ1v) is 11.5. The second kappa shape index (κ2) is 8.11. The predicted molar refractivity (Wildman–Crippen MR) is 121 cm³/mol. The number of nitrogens with zero attached hydrogens (tertiary/aromatic N) is 3. The molecule has 1 aromatic carbocycles. The number of aliphatic hydroxyl groups is 1. The minimum Gasteiger partial charge on any atom is -0.395 e. The van der Waals surface area contributed by atoms with Crippen LogP contribution in [0.15, 0.2) is 54.6 Å². The molecule has 0 saturated carbocycles. The Morgan fingerprint density at radius 1 is 1.06 bits per heavy atom. The number of amides is 3. The Bertz CT molecular complexity index is 1020. The van der Waals surface area contributed by atoms with E-state index in [1.807, 2.05) is 68.5 Å². The monoisotopic (exact) mass is 451 g/mol. The van der Waals surface area contributed by atoms with E-state index in [1.54, 1.807) is 9.80 Å². The third-order valence-corrected chi connectivity index (χ3v) is 7.22. The molecule has 1 aromatic rings. The summed E-state index contributed by atoms with van der Waals surface area (Å²) in [5, 5.41) is 9.68. The van der Waals surface area contributed by atoms with Crippen LogP contribution < -0.4 is 4.90 Å². The summed E-state index contributed by atoms with van der Waals surface area (Å²) in [4.78, 5) is 46.1. The summed E-state index contributed by atoms with van der Waals surface area (Å²) in [7, 11) is 0. The highest BCUT2D eigenvalue weighted by atomic mass is 16.5. The fourth-order valence-corrected chi connectivity index (χ4v) is 5.81. The number of carbonyl (C=O) groups excluding carboxylic acids is 3. The molecule has 1 spiro atoms. The number of benzene rings is 1. The predicted octanol–water partition coefficient (Wildman–Crippen LogP) is 0.969. The Morgan fingerprint density at radius 2 is 1.82 bits per heavy atom. The molecule has 5 rings (SSSR count). The lowest BCUT2D eigenvalue weighted by molar-refractivity contribution is -0.148. The number of anilines is 1. The molecule has 0 bridgehead atoms. The number of aliphatic hydroxyl groups excluding tert-OH is 1. The molecule has 0 radical (unpaired) electrons. The summed E-state index contributed by atoms with van der Waals surface area (Å²) in [5.74, 6) is -2.32. The number of para-hydroxylation sites is 1. The topological polar surface area (TPSA) is 90.4 Å². The van der Waals surface area contributed by atoms with Gasteiger partial charge in [0.2, 0.25) is 17.7 Å². The molecule has 4 heterocycles. The van der Waals surface area contributed by atoms with Crippen molar-refractivity contribution in [2.75, 3.05) is 31.1 Å². The lowest BCUT2D eigenvalue weighted by Crippen LogP contribution is -2.56. The first kappa shape index (κ1) is 21.9. The van der Waals surface area contributed by atoms with Gasteiger partial charge >= 0.3 is 0 Å². The van der Waals surface area contributed by atoms with Gasteiger partial charge in [-0.1, -0.05) is 42.5 Å². The summed E-state index contributed by atoms with van der Waals surface area (Å²) in [6, 6.07) is 8.38. The molecule has 5 atom stereocenters. The molecule has 4 aliphatic rings. The maximum absolute atomic E-state index is 13.9. The first-order valence-electron chi connectivity index (χ1n) is 11.5. The van der Waals surface area contributed by atoms with Crippen LogP contribution in [0.4, 0.5) is 5.69 Å². The number of fused-ring (bicyclic) bond motifs is 2. The van der Waals surface area contributed by atoms with Gasteiger partial charge in [0.15, 0.2) is 0 Å². The van der Waals surface area contributed by atoms with E-state index < -0.39 is 29.6 Å². The molecule has 2 fully saturated rings. The molecule has 0 aromatic heterocycles. The summed E-state index contributed by atoms with van der Waals surface area (Å²) >= 11 is 0. The van der Waals surface area contributed by atoms with Crippen LogP contribution in [0.25, 0.3) is 0 Å². The second-order valence-electron chi connectivity index (χ2n) is 9.30. The second-order valence-corrected chi connectivity index (χ2v) is 9.30. The lowest BCUT2D eigenvalue weighted by Gasteiger charge is -2.36. The van der Waals surface area contributed by atoms with Gasteiger partial charge in [-0.05, 0) is 26.0 Å². The highest BCUT2D eigenvalue weighted by Gasteiger charge is 2.71. The highest BCUT2D eigenvalue weighted by molar-refractivity contribution is 6.03. The van der Waals surface area contributed by atoms with Crippen molar-refractivity contribution in [3.8, 4) is 0 Å². The lowest BCUT2D eigenvalue weighted by atomic mass is 9.77. The molecule has 33 heavy (non-hydrogen) atoms. The quantitative estimate of drug-likeness (QED) is 0.689. The molecule has 4 aliphatic heterocycles. The van der Waals surface area contributed by atoms with Gasteiger partial charge in [-0.25, -0.2) is 0 Å². The van der Waals surface area contributed by atoms with Crippen LogP contribution >= 0.6 is 0 Å². The Hall–Kier alpha value is -2.97. The van der Waals surface area contributed by atoms with E-state index in [0.29, 0.717) is 13.1 Å². The number of ether oxygens (including phenoxy) is 1. The van der Waals surface area contributed by atoms with Gasteiger partial charge in [-0.15, -0.1) is 0 Å². The van der Waals surface area contributed by atoms with Crippen molar-refractivity contribution in [1.29, 1.82) is 0 Å². The normalized spacial score (nSPS) is 33.3. The molecule has 1 unspecified atom stereocenters. The van der Waals surface area contributed by atoms with Gasteiger partial charge in [0.25, 0.3) is 0 Å².